The molecule has 0 aliphatic carbocycles. The Balaban J connectivity index is 3.57. The predicted octanol–water partition coefficient (Wildman–Crippen LogP) is 2.17. The van der Waals surface area contributed by atoms with Crippen molar-refractivity contribution in [3.8, 4) is 6.07 Å². The van der Waals surface area contributed by atoms with E-state index in [4.69, 9.17) is 5.26 Å². The van der Waals surface area contributed by atoms with Crippen LogP contribution >= 0.6 is 0 Å². The molecule has 0 aliphatic heterocycles. The lowest BCUT2D eigenvalue weighted by Crippen LogP contribution is -2.32. The molecule has 0 unspecified atom stereocenters. The van der Waals surface area contributed by atoms with Crippen LogP contribution in [0, 0.1) is 16.7 Å². The summed E-state index contributed by atoms with van der Waals surface area (Å²) in [5, 5.41) is 11.0. The van der Waals surface area contributed by atoms with Crippen molar-refractivity contribution >= 4 is 0 Å². The molecule has 13 heavy (non-hydrogen) atoms. The monoisotopic (exact) mass is 190 g/mol. The van der Waals surface area contributed by atoms with Crippen LogP contribution in [0.1, 0.15) is 26.7 Å². The summed E-state index contributed by atoms with van der Waals surface area (Å²) in [7, 11) is 0. The van der Waals surface area contributed by atoms with Gasteiger partial charge in [0.15, 0.2) is 0 Å². The number of nitrogens with zero attached hydrogens (tertiary/aromatic N) is 1. The van der Waals surface area contributed by atoms with Gasteiger partial charge in [-0.3, -0.25) is 0 Å². The molecule has 0 saturated carbocycles. The molecular formula is C9H16F2N2. The normalized spacial score (nSPS) is 11.7. The summed E-state index contributed by atoms with van der Waals surface area (Å²) >= 11 is 0. The maximum Gasteiger partial charge on any atom is 0.250 e. The van der Waals surface area contributed by atoms with Gasteiger partial charge in [-0.15, -0.1) is 0 Å². The SMILES string of the molecule is CC(C)(CCC#N)CNCC(F)F. The molecule has 0 rings (SSSR count). The van der Waals surface area contributed by atoms with E-state index in [-0.39, 0.29) is 12.0 Å². The third-order valence-corrected chi connectivity index (χ3v) is 1.82. The summed E-state index contributed by atoms with van der Waals surface area (Å²) in [6.07, 6.45) is -1.09. The maximum atomic E-state index is 11.7. The lowest BCUT2D eigenvalue weighted by Gasteiger charge is -2.23. The van der Waals surface area contributed by atoms with Crippen LogP contribution in [0.3, 0.4) is 0 Å². The molecule has 0 spiro atoms. The first-order chi connectivity index (χ1) is 5.98. The number of hydrogen-bond donors (Lipinski definition) is 1. The van der Waals surface area contributed by atoms with E-state index >= 15 is 0 Å². The molecule has 0 fully saturated rings. The lowest BCUT2D eigenvalue weighted by molar-refractivity contribution is 0.140. The van der Waals surface area contributed by atoms with Crippen molar-refractivity contribution < 1.29 is 8.78 Å². The zero-order valence-electron chi connectivity index (χ0n) is 8.11. The highest BCUT2D eigenvalue weighted by molar-refractivity contribution is 4.78. The van der Waals surface area contributed by atoms with Crippen LogP contribution in [-0.4, -0.2) is 19.5 Å². The van der Waals surface area contributed by atoms with Crippen LogP contribution in [0.4, 0.5) is 8.78 Å². The number of hydrogen-bond acceptors (Lipinski definition) is 2. The van der Waals surface area contributed by atoms with Crippen molar-refractivity contribution in [2.75, 3.05) is 13.1 Å². The summed E-state index contributed by atoms with van der Waals surface area (Å²) in [4.78, 5) is 0. The first-order valence-electron chi connectivity index (χ1n) is 4.34. The molecule has 4 heteroatoms. The van der Waals surface area contributed by atoms with Crippen LogP contribution < -0.4 is 5.32 Å². The van der Waals surface area contributed by atoms with Gasteiger partial charge in [-0.25, -0.2) is 8.78 Å². The molecule has 0 heterocycles. The summed E-state index contributed by atoms with van der Waals surface area (Å²) in [6.45, 7) is 4.18. The Morgan fingerprint density at radius 1 is 1.46 bits per heavy atom. The second-order valence-electron chi connectivity index (χ2n) is 3.84. The van der Waals surface area contributed by atoms with E-state index in [1.54, 1.807) is 0 Å². The first-order valence-corrected chi connectivity index (χ1v) is 4.34. The highest BCUT2D eigenvalue weighted by atomic mass is 19.3. The van der Waals surface area contributed by atoms with E-state index in [2.05, 4.69) is 5.32 Å². The molecule has 2 nitrogen and oxygen atoms in total. The molecule has 0 bridgehead atoms. The molecule has 0 aromatic carbocycles. The fourth-order valence-corrected chi connectivity index (χ4v) is 1.00. The van der Waals surface area contributed by atoms with Gasteiger partial charge in [-0.2, -0.15) is 5.26 Å². The average Bonchev–Trinajstić information content (AvgIpc) is 2.00. The minimum absolute atomic E-state index is 0.0787. The van der Waals surface area contributed by atoms with Gasteiger partial charge in [-0.05, 0) is 11.8 Å². The zero-order valence-corrected chi connectivity index (χ0v) is 8.11. The van der Waals surface area contributed by atoms with Crippen LogP contribution in [0.25, 0.3) is 0 Å². The lowest BCUT2D eigenvalue weighted by atomic mass is 9.88. The molecular weight excluding hydrogens is 174 g/mol. The molecule has 0 aromatic rings. The third-order valence-electron chi connectivity index (χ3n) is 1.82. The zero-order chi connectivity index (χ0) is 10.3. The highest BCUT2D eigenvalue weighted by Gasteiger charge is 2.17. The minimum atomic E-state index is -2.30. The number of halogens is 2. The standard InChI is InChI=1S/C9H16F2N2/c1-9(2,4-3-5-12)7-13-6-8(10)11/h8,13H,3-4,6-7H2,1-2H3. The largest absolute Gasteiger partial charge is 0.311 e. The second-order valence-corrected chi connectivity index (χ2v) is 3.84. The van der Waals surface area contributed by atoms with Gasteiger partial charge >= 0.3 is 0 Å². The Morgan fingerprint density at radius 3 is 2.54 bits per heavy atom. The summed E-state index contributed by atoms with van der Waals surface area (Å²) < 4.78 is 23.5. The van der Waals surface area contributed by atoms with Crippen molar-refractivity contribution in [2.24, 2.45) is 5.41 Å². The van der Waals surface area contributed by atoms with Crippen LogP contribution in [0.5, 0.6) is 0 Å². The molecule has 1 N–H and O–H groups in total. The Morgan fingerprint density at radius 2 is 2.08 bits per heavy atom. The molecule has 0 saturated heterocycles. The molecule has 0 amide bonds. The summed E-state index contributed by atoms with van der Waals surface area (Å²) in [5.41, 5.74) is -0.0787. The fourth-order valence-electron chi connectivity index (χ4n) is 1.00. The van der Waals surface area contributed by atoms with Crippen molar-refractivity contribution in [1.29, 1.82) is 5.26 Å². The van der Waals surface area contributed by atoms with E-state index < -0.39 is 6.43 Å². The fraction of sp³-hybridized carbons (Fsp3) is 0.889. The Bertz CT molecular complexity index is 173. The van der Waals surface area contributed by atoms with Crippen LogP contribution in [0.2, 0.25) is 0 Å². The third kappa shape index (κ3) is 7.66. The van der Waals surface area contributed by atoms with Gasteiger partial charge in [0, 0.05) is 13.0 Å². The number of rotatable bonds is 6. The van der Waals surface area contributed by atoms with Crippen molar-refractivity contribution in [2.45, 2.75) is 33.1 Å². The molecule has 76 valence electrons. The topological polar surface area (TPSA) is 35.8 Å². The predicted molar refractivity (Wildman–Crippen MR) is 47.5 cm³/mol. The van der Waals surface area contributed by atoms with E-state index in [1.165, 1.54) is 0 Å². The Kier molecular flexibility index (Phi) is 5.56. The smallest absolute Gasteiger partial charge is 0.250 e. The summed E-state index contributed by atoms with van der Waals surface area (Å²) in [5.74, 6) is 0. The molecule has 0 aromatic heterocycles. The van der Waals surface area contributed by atoms with E-state index in [0.29, 0.717) is 13.0 Å². The van der Waals surface area contributed by atoms with Crippen LogP contribution in [0.15, 0.2) is 0 Å². The van der Waals surface area contributed by atoms with Crippen molar-refractivity contribution in [1.82, 2.24) is 5.32 Å². The van der Waals surface area contributed by atoms with Crippen molar-refractivity contribution in [3.05, 3.63) is 0 Å². The van der Waals surface area contributed by atoms with Gasteiger partial charge in [0.2, 0.25) is 0 Å². The second kappa shape index (κ2) is 5.87. The van der Waals surface area contributed by atoms with Gasteiger partial charge in [0.1, 0.15) is 0 Å². The van der Waals surface area contributed by atoms with Crippen LogP contribution in [-0.2, 0) is 0 Å². The van der Waals surface area contributed by atoms with E-state index in [9.17, 15) is 8.78 Å². The molecule has 0 atom stereocenters. The van der Waals surface area contributed by atoms with Gasteiger partial charge < -0.3 is 5.32 Å². The number of alkyl halides is 2. The van der Waals surface area contributed by atoms with E-state index in [0.717, 1.165) is 6.42 Å². The van der Waals surface area contributed by atoms with Gasteiger partial charge in [-0.1, -0.05) is 13.8 Å². The van der Waals surface area contributed by atoms with Gasteiger partial charge in [0.05, 0.1) is 12.6 Å². The average molecular weight is 190 g/mol. The molecule has 0 aliphatic rings. The Labute approximate surface area is 77.9 Å². The van der Waals surface area contributed by atoms with E-state index in [1.807, 2.05) is 19.9 Å². The van der Waals surface area contributed by atoms with Gasteiger partial charge in [0.25, 0.3) is 6.43 Å². The summed E-state index contributed by atoms with van der Waals surface area (Å²) in [6, 6.07) is 2.05. The number of nitrogens with one attached hydrogen (secondary N) is 1. The first kappa shape index (κ1) is 12.3. The minimum Gasteiger partial charge on any atom is -0.311 e. The molecule has 0 radical (unpaired) electrons. The highest BCUT2D eigenvalue weighted by Crippen LogP contribution is 2.20. The Hall–Kier alpha value is -0.690. The van der Waals surface area contributed by atoms with Crippen molar-refractivity contribution in [3.63, 3.8) is 0 Å². The number of nitriles is 1. The quantitative estimate of drug-likeness (QED) is 0.696. The maximum absolute atomic E-state index is 11.7.